The van der Waals surface area contributed by atoms with E-state index < -0.39 is 18.0 Å². The molecule has 7 nitrogen and oxygen atoms in total. The molecule has 3 N–H and O–H groups in total. The molecule has 110 valence electrons. The van der Waals surface area contributed by atoms with Crippen molar-refractivity contribution in [1.29, 1.82) is 0 Å². The van der Waals surface area contributed by atoms with Gasteiger partial charge in [0.2, 0.25) is 0 Å². The molecule has 1 atom stereocenters. The summed E-state index contributed by atoms with van der Waals surface area (Å²) >= 11 is 0. The third-order valence-electron chi connectivity index (χ3n) is 2.33. The zero-order valence-electron chi connectivity index (χ0n) is 11.4. The Balaban J connectivity index is 3.79. The molecule has 0 aromatic carbocycles. The summed E-state index contributed by atoms with van der Waals surface area (Å²) in [5.41, 5.74) is 0. The smallest absolute Gasteiger partial charge is 0.326 e. The number of nitrogens with one attached hydrogen (secondary N) is 2. The zero-order chi connectivity index (χ0) is 14.7. The number of urea groups is 1. The van der Waals surface area contributed by atoms with Crippen molar-refractivity contribution in [3.8, 4) is 0 Å². The van der Waals surface area contributed by atoms with E-state index in [9.17, 15) is 14.4 Å². The van der Waals surface area contributed by atoms with Crippen molar-refractivity contribution in [2.24, 2.45) is 0 Å². The van der Waals surface area contributed by atoms with Gasteiger partial charge in [-0.2, -0.15) is 0 Å². The van der Waals surface area contributed by atoms with Crippen molar-refractivity contribution in [3.63, 3.8) is 0 Å². The van der Waals surface area contributed by atoms with Gasteiger partial charge in [-0.1, -0.05) is 13.3 Å². The molecule has 0 rings (SSSR count). The van der Waals surface area contributed by atoms with Crippen LogP contribution < -0.4 is 10.6 Å². The molecule has 0 saturated carbocycles. The molecule has 1 unspecified atom stereocenters. The standard InChI is InChI=1S/C12H22N2O5/c1-3-6-9(11(16)17)14-12(18)13-8-5-7-10(15)19-4-2/h9H,3-8H2,1-2H3,(H,16,17)(H2,13,14,18). The van der Waals surface area contributed by atoms with E-state index in [0.29, 0.717) is 32.4 Å². The SMILES string of the molecule is CCCC(NC(=O)NCCCC(=O)OCC)C(=O)O. The molecule has 0 fully saturated rings. The van der Waals surface area contributed by atoms with Crippen molar-refractivity contribution in [1.82, 2.24) is 10.6 Å². The molecule has 2 amide bonds. The monoisotopic (exact) mass is 274 g/mol. The highest BCUT2D eigenvalue weighted by Crippen LogP contribution is 1.96. The third kappa shape index (κ3) is 8.87. The maximum Gasteiger partial charge on any atom is 0.326 e. The number of aliphatic carboxylic acids is 1. The molecule has 0 radical (unpaired) electrons. The number of rotatable bonds is 9. The average Bonchev–Trinajstić information content (AvgIpc) is 2.34. The van der Waals surface area contributed by atoms with E-state index >= 15 is 0 Å². The summed E-state index contributed by atoms with van der Waals surface area (Å²) in [5, 5.41) is 13.7. The molecule has 0 aliphatic heterocycles. The van der Waals surface area contributed by atoms with Crippen LogP contribution in [0, 0.1) is 0 Å². The van der Waals surface area contributed by atoms with Gasteiger partial charge in [-0.05, 0) is 19.8 Å². The Bertz CT molecular complexity index is 306. The Labute approximate surface area is 112 Å². The third-order valence-corrected chi connectivity index (χ3v) is 2.33. The highest BCUT2D eigenvalue weighted by Gasteiger charge is 2.18. The van der Waals surface area contributed by atoms with Crippen molar-refractivity contribution in [2.45, 2.75) is 45.6 Å². The molecule has 0 aliphatic rings. The molecular weight excluding hydrogens is 252 g/mol. The van der Waals surface area contributed by atoms with Crippen molar-refractivity contribution in [3.05, 3.63) is 0 Å². The molecule has 0 heterocycles. The van der Waals surface area contributed by atoms with Crippen molar-refractivity contribution >= 4 is 18.0 Å². The highest BCUT2D eigenvalue weighted by atomic mass is 16.5. The Hall–Kier alpha value is -1.79. The molecule has 0 bridgehead atoms. The van der Waals surface area contributed by atoms with Gasteiger partial charge in [0.1, 0.15) is 6.04 Å². The van der Waals surface area contributed by atoms with Crippen LogP contribution in [0.4, 0.5) is 4.79 Å². The van der Waals surface area contributed by atoms with Crippen LogP contribution in [0.5, 0.6) is 0 Å². The maximum atomic E-state index is 11.4. The second-order valence-corrected chi connectivity index (χ2v) is 3.99. The average molecular weight is 274 g/mol. The lowest BCUT2D eigenvalue weighted by Crippen LogP contribution is -2.46. The van der Waals surface area contributed by atoms with Gasteiger partial charge in [0.15, 0.2) is 0 Å². The molecule has 7 heteroatoms. The number of ether oxygens (including phenoxy) is 1. The van der Waals surface area contributed by atoms with Crippen LogP contribution >= 0.6 is 0 Å². The topological polar surface area (TPSA) is 105 Å². The number of carbonyl (C=O) groups excluding carboxylic acids is 2. The summed E-state index contributed by atoms with van der Waals surface area (Å²) in [6.45, 7) is 4.20. The van der Waals surface area contributed by atoms with Crippen LogP contribution in [0.3, 0.4) is 0 Å². The summed E-state index contributed by atoms with van der Waals surface area (Å²) in [7, 11) is 0. The van der Waals surface area contributed by atoms with Gasteiger partial charge in [0.05, 0.1) is 6.61 Å². The normalized spacial score (nSPS) is 11.5. The first-order valence-electron chi connectivity index (χ1n) is 6.44. The summed E-state index contributed by atoms with van der Waals surface area (Å²) < 4.78 is 4.73. The van der Waals surface area contributed by atoms with E-state index in [2.05, 4.69) is 10.6 Å². The number of carbonyl (C=O) groups is 3. The number of esters is 1. The first-order valence-corrected chi connectivity index (χ1v) is 6.44. The number of carboxylic acid groups (broad SMARTS) is 1. The first kappa shape index (κ1) is 17.2. The summed E-state index contributed by atoms with van der Waals surface area (Å²) in [5.74, 6) is -1.36. The predicted octanol–water partition coefficient (Wildman–Crippen LogP) is 0.882. The van der Waals surface area contributed by atoms with Crippen LogP contribution in [-0.4, -0.2) is 42.3 Å². The number of amides is 2. The number of hydrogen-bond acceptors (Lipinski definition) is 4. The zero-order valence-corrected chi connectivity index (χ0v) is 11.4. The quantitative estimate of drug-likeness (QED) is 0.427. The van der Waals surface area contributed by atoms with E-state index in [1.807, 2.05) is 6.92 Å². The lowest BCUT2D eigenvalue weighted by Gasteiger charge is -2.14. The number of hydrogen-bond donors (Lipinski definition) is 3. The van der Waals surface area contributed by atoms with Crippen LogP contribution in [0.1, 0.15) is 39.5 Å². The van der Waals surface area contributed by atoms with Crippen LogP contribution in [0.25, 0.3) is 0 Å². The Morgan fingerprint density at radius 1 is 1.26 bits per heavy atom. The van der Waals surface area contributed by atoms with E-state index in [4.69, 9.17) is 9.84 Å². The van der Waals surface area contributed by atoms with Crippen LogP contribution in [0.15, 0.2) is 0 Å². The Kier molecular flexibility index (Phi) is 9.20. The molecular formula is C12H22N2O5. The van der Waals surface area contributed by atoms with Gasteiger partial charge in [-0.25, -0.2) is 9.59 Å². The molecule has 0 aromatic rings. The van der Waals surface area contributed by atoms with Gasteiger partial charge in [-0.3, -0.25) is 4.79 Å². The van der Waals surface area contributed by atoms with Crippen molar-refractivity contribution < 1.29 is 24.2 Å². The van der Waals surface area contributed by atoms with Gasteiger partial charge < -0.3 is 20.5 Å². The molecule has 0 saturated heterocycles. The van der Waals surface area contributed by atoms with Gasteiger partial charge in [-0.15, -0.1) is 0 Å². The second-order valence-electron chi connectivity index (χ2n) is 3.99. The lowest BCUT2D eigenvalue weighted by molar-refractivity contribution is -0.143. The minimum Gasteiger partial charge on any atom is -0.480 e. The molecule has 0 aliphatic carbocycles. The highest BCUT2D eigenvalue weighted by molar-refractivity contribution is 5.82. The number of carboxylic acids is 1. The van der Waals surface area contributed by atoms with Crippen LogP contribution in [0.2, 0.25) is 0 Å². The molecule has 0 spiro atoms. The summed E-state index contributed by atoms with van der Waals surface area (Å²) in [4.78, 5) is 33.2. The second kappa shape index (κ2) is 10.2. The first-order chi connectivity index (χ1) is 9.01. The fraction of sp³-hybridized carbons (Fsp3) is 0.750. The van der Waals surface area contributed by atoms with Crippen LogP contribution in [-0.2, 0) is 14.3 Å². The van der Waals surface area contributed by atoms with Gasteiger partial charge >= 0.3 is 18.0 Å². The van der Waals surface area contributed by atoms with Gasteiger partial charge in [0, 0.05) is 13.0 Å². The maximum absolute atomic E-state index is 11.4. The largest absolute Gasteiger partial charge is 0.480 e. The molecule has 19 heavy (non-hydrogen) atoms. The Morgan fingerprint density at radius 2 is 1.95 bits per heavy atom. The summed E-state index contributed by atoms with van der Waals surface area (Å²) in [6.07, 6.45) is 1.73. The van der Waals surface area contributed by atoms with E-state index in [1.165, 1.54) is 0 Å². The summed E-state index contributed by atoms with van der Waals surface area (Å²) in [6, 6.07) is -1.42. The Morgan fingerprint density at radius 3 is 2.47 bits per heavy atom. The fourth-order valence-corrected chi connectivity index (χ4v) is 1.42. The lowest BCUT2D eigenvalue weighted by atomic mass is 10.2. The fourth-order valence-electron chi connectivity index (χ4n) is 1.42. The minimum absolute atomic E-state index is 0.228. The van der Waals surface area contributed by atoms with E-state index in [-0.39, 0.29) is 12.4 Å². The van der Waals surface area contributed by atoms with E-state index in [1.54, 1.807) is 6.92 Å². The van der Waals surface area contributed by atoms with Gasteiger partial charge in [0.25, 0.3) is 0 Å². The van der Waals surface area contributed by atoms with E-state index in [0.717, 1.165) is 0 Å². The molecule has 0 aromatic heterocycles. The van der Waals surface area contributed by atoms with Crippen molar-refractivity contribution in [2.75, 3.05) is 13.2 Å². The predicted molar refractivity (Wildman–Crippen MR) is 68.7 cm³/mol. The minimum atomic E-state index is -1.05.